The van der Waals surface area contributed by atoms with E-state index in [2.05, 4.69) is 70.7 Å². The number of fused-ring (bicyclic) bond motifs is 2. The third-order valence-electron chi connectivity index (χ3n) is 4.88. The molecule has 3 nitrogen and oxygen atoms in total. The maximum absolute atomic E-state index is 4.43. The number of nitrogens with one attached hydrogen (secondary N) is 1. The number of aromatic nitrogens is 1. The maximum atomic E-state index is 4.43. The molecular weight excluding hydrogens is 294 g/mol. The molecule has 1 unspecified atom stereocenters. The maximum Gasteiger partial charge on any atom is 0.0705 e. The second-order valence-electron chi connectivity index (χ2n) is 6.58. The summed E-state index contributed by atoms with van der Waals surface area (Å²) >= 11 is 0. The van der Waals surface area contributed by atoms with Gasteiger partial charge in [-0.15, -0.1) is 0 Å². The Bertz CT molecular complexity index is 843. The molecule has 4 rings (SSSR count). The van der Waals surface area contributed by atoms with Gasteiger partial charge in [-0.3, -0.25) is 4.98 Å². The minimum absolute atomic E-state index is 0.592. The molecule has 122 valence electrons. The third kappa shape index (κ3) is 3.00. The Kier molecular flexibility index (Phi) is 4.18. The fourth-order valence-electron chi connectivity index (χ4n) is 3.62. The Morgan fingerprint density at radius 2 is 2.04 bits per heavy atom. The number of rotatable bonds is 5. The highest BCUT2D eigenvalue weighted by Gasteiger charge is 2.24. The van der Waals surface area contributed by atoms with E-state index >= 15 is 0 Å². The van der Waals surface area contributed by atoms with Crippen LogP contribution in [-0.4, -0.2) is 24.1 Å². The molecular formula is C21H23N3. The number of nitrogens with zero attached hydrogens (tertiary/aromatic N) is 2. The van der Waals surface area contributed by atoms with Crippen molar-refractivity contribution in [1.29, 1.82) is 0 Å². The van der Waals surface area contributed by atoms with E-state index in [-0.39, 0.29) is 0 Å². The van der Waals surface area contributed by atoms with Gasteiger partial charge in [-0.1, -0.05) is 36.4 Å². The number of hydrogen-bond donors (Lipinski definition) is 1. The zero-order valence-corrected chi connectivity index (χ0v) is 14.1. The standard InChI is InChI=1S/C21H23N3/c1-16-13-19-5-2-3-7-21(19)24(16)12-11-22-15-17-8-9-18-6-4-10-23-20(18)14-17/h2-10,14,16,22H,11-13,15H2,1H3. The van der Waals surface area contributed by atoms with Gasteiger partial charge in [0.15, 0.2) is 0 Å². The fraction of sp³-hybridized carbons (Fsp3) is 0.286. The molecule has 0 saturated heterocycles. The molecule has 3 heteroatoms. The van der Waals surface area contributed by atoms with Gasteiger partial charge in [0.2, 0.25) is 0 Å². The van der Waals surface area contributed by atoms with E-state index in [0.29, 0.717) is 6.04 Å². The highest BCUT2D eigenvalue weighted by molar-refractivity contribution is 5.78. The molecule has 2 heterocycles. The summed E-state index contributed by atoms with van der Waals surface area (Å²) in [7, 11) is 0. The van der Waals surface area contributed by atoms with Crippen molar-refractivity contribution >= 4 is 16.6 Å². The normalized spacial score (nSPS) is 16.5. The molecule has 1 aliphatic rings. The zero-order chi connectivity index (χ0) is 16.4. The van der Waals surface area contributed by atoms with Crippen molar-refractivity contribution in [3.05, 3.63) is 71.9 Å². The summed E-state index contributed by atoms with van der Waals surface area (Å²) in [6, 6.07) is 20.0. The van der Waals surface area contributed by atoms with Crippen LogP contribution in [0.25, 0.3) is 10.9 Å². The molecule has 24 heavy (non-hydrogen) atoms. The fourth-order valence-corrected chi connectivity index (χ4v) is 3.62. The molecule has 1 N–H and O–H groups in total. The average Bonchev–Trinajstić information content (AvgIpc) is 2.94. The van der Waals surface area contributed by atoms with Gasteiger partial charge in [-0.2, -0.15) is 0 Å². The highest BCUT2D eigenvalue weighted by Crippen LogP contribution is 2.31. The first kappa shape index (κ1) is 15.2. The molecule has 0 saturated carbocycles. The second kappa shape index (κ2) is 6.62. The lowest BCUT2D eigenvalue weighted by Gasteiger charge is -2.25. The number of para-hydroxylation sites is 1. The van der Waals surface area contributed by atoms with E-state index in [1.807, 2.05) is 12.3 Å². The summed E-state index contributed by atoms with van der Waals surface area (Å²) in [5, 5.41) is 4.77. The summed E-state index contributed by atoms with van der Waals surface area (Å²) < 4.78 is 0. The van der Waals surface area contributed by atoms with Gasteiger partial charge < -0.3 is 10.2 Å². The first-order chi connectivity index (χ1) is 11.8. The van der Waals surface area contributed by atoms with Crippen LogP contribution < -0.4 is 10.2 Å². The lowest BCUT2D eigenvalue weighted by molar-refractivity contribution is 0.618. The molecule has 0 fully saturated rings. The van der Waals surface area contributed by atoms with Crippen LogP contribution in [0.4, 0.5) is 5.69 Å². The minimum Gasteiger partial charge on any atom is -0.367 e. The van der Waals surface area contributed by atoms with Crippen LogP contribution >= 0.6 is 0 Å². The minimum atomic E-state index is 0.592. The molecule has 1 atom stereocenters. The van der Waals surface area contributed by atoms with Gasteiger partial charge in [-0.25, -0.2) is 0 Å². The average molecular weight is 317 g/mol. The Morgan fingerprint density at radius 1 is 1.12 bits per heavy atom. The summed E-state index contributed by atoms with van der Waals surface area (Å²) in [4.78, 5) is 6.95. The topological polar surface area (TPSA) is 28.2 Å². The summed E-state index contributed by atoms with van der Waals surface area (Å²) in [6.07, 6.45) is 3.01. The van der Waals surface area contributed by atoms with E-state index in [0.717, 1.165) is 31.6 Å². The van der Waals surface area contributed by atoms with Crippen LogP contribution in [-0.2, 0) is 13.0 Å². The van der Waals surface area contributed by atoms with Gasteiger partial charge in [0.05, 0.1) is 5.52 Å². The largest absolute Gasteiger partial charge is 0.367 e. The molecule has 0 aliphatic carbocycles. The summed E-state index contributed by atoms with van der Waals surface area (Å²) in [6.45, 7) is 5.23. The van der Waals surface area contributed by atoms with Crippen molar-refractivity contribution in [3.63, 3.8) is 0 Å². The smallest absolute Gasteiger partial charge is 0.0705 e. The van der Waals surface area contributed by atoms with Gasteiger partial charge in [0.25, 0.3) is 0 Å². The molecule has 3 aromatic rings. The van der Waals surface area contributed by atoms with Crippen molar-refractivity contribution in [3.8, 4) is 0 Å². The summed E-state index contributed by atoms with van der Waals surface area (Å²) in [5.74, 6) is 0. The van der Waals surface area contributed by atoms with E-state index < -0.39 is 0 Å². The number of benzene rings is 2. The van der Waals surface area contributed by atoms with Crippen LogP contribution in [0.2, 0.25) is 0 Å². The Balaban J connectivity index is 1.34. The molecule has 0 amide bonds. The van der Waals surface area contributed by atoms with Gasteiger partial charge in [-0.05, 0) is 42.7 Å². The SMILES string of the molecule is CC1Cc2ccccc2N1CCNCc1ccc2cccnc2c1. The van der Waals surface area contributed by atoms with Crippen molar-refractivity contribution in [2.45, 2.75) is 25.9 Å². The van der Waals surface area contributed by atoms with Crippen molar-refractivity contribution < 1.29 is 0 Å². The number of anilines is 1. The lowest BCUT2D eigenvalue weighted by atomic mass is 10.1. The van der Waals surface area contributed by atoms with E-state index in [1.54, 1.807) is 0 Å². The zero-order valence-electron chi connectivity index (χ0n) is 14.1. The number of hydrogen-bond acceptors (Lipinski definition) is 3. The van der Waals surface area contributed by atoms with Crippen LogP contribution in [0.5, 0.6) is 0 Å². The van der Waals surface area contributed by atoms with Gasteiger partial charge in [0.1, 0.15) is 0 Å². The Morgan fingerprint density at radius 3 is 3.00 bits per heavy atom. The predicted octanol–water partition coefficient (Wildman–Crippen LogP) is 3.78. The van der Waals surface area contributed by atoms with Crippen LogP contribution in [0, 0.1) is 0 Å². The van der Waals surface area contributed by atoms with E-state index in [9.17, 15) is 0 Å². The predicted molar refractivity (Wildman–Crippen MR) is 100 cm³/mol. The van der Waals surface area contributed by atoms with Crippen LogP contribution in [0.3, 0.4) is 0 Å². The molecule has 2 aromatic carbocycles. The van der Waals surface area contributed by atoms with Crippen molar-refractivity contribution in [1.82, 2.24) is 10.3 Å². The Labute approximate surface area is 143 Å². The van der Waals surface area contributed by atoms with Crippen LogP contribution in [0.1, 0.15) is 18.1 Å². The molecule has 0 radical (unpaired) electrons. The van der Waals surface area contributed by atoms with Crippen LogP contribution in [0.15, 0.2) is 60.8 Å². The summed E-state index contributed by atoms with van der Waals surface area (Å²) in [5.41, 5.74) is 5.24. The van der Waals surface area contributed by atoms with Crippen molar-refractivity contribution in [2.24, 2.45) is 0 Å². The quantitative estimate of drug-likeness (QED) is 0.726. The Hall–Kier alpha value is -2.39. The molecule has 0 spiro atoms. The molecule has 0 bridgehead atoms. The molecule has 1 aliphatic heterocycles. The van der Waals surface area contributed by atoms with Crippen molar-refractivity contribution in [2.75, 3.05) is 18.0 Å². The van der Waals surface area contributed by atoms with Gasteiger partial charge in [0, 0.05) is 42.9 Å². The monoisotopic (exact) mass is 317 g/mol. The van der Waals surface area contributed by atoms with E-state index in [4.69, 9.17) is 0 Å². The number of pyridine rings is 1. The lowest BCUT2D eigenvalue weighted by Crippen LogP contribution is -2.35. The van der Waals surface area contributed by atoms with Gasteiger partial charge >= 0.3 is 0 Å². The van der Waals surface area contributed by atoms with E-state index in [1.165, 1.54) is 22.2 Å². The highest BCUT2D eigenvalue weighted by atomic mass is 15.2. The molecule has 1 aromatic heterocycles. The first-order valence-corrected chi connectivity index (χ1v) is 8.70. The first-order valence-electron chi connectivity index (χ1n) is 8.70. The third-order valence-corrected chi connectivity index (χ3v) is 4.88. The second-order valence-corrected chi connectivity index (χ2v) is 6.58.